The van der Waals surface area contributed by atoms with Gasteiger partial charge in [-0.15, -0.1) is 0 Å². The Kier molecular flexibility index (Phi) is 60.1. The summed E-state index contributed by atoms with van der Waals surface area (Å²) < 4.78 is 0. The molecule has 0 aliphatic carbocycles. The molecule has 85 heavy (non-hydrogen) atoms. The van der Waals surface area contributed by atoms with Crippen molar-refractivity contribution in [3.05, 3.63) is 89.5 Å². The van der Waals surface area contributed by atoms with Gasteiger partial charge in [-0.05, 0) is 37.5 Å². The average Bonchev–Trinajstić information content (AvgIpc) is 3.61. The Labute approximate surface area is 533 Å². The first-order valence-electron chi connectivity index (χ1n) is 35.4. The molecule has 0 spiro atoms. The molecule has 0 fully saturated rings. The van der Waals surface area contributed by atoms with Crippen LogP contribution in [0.15, 0.2) is 72.8 Å². The van der Waals surface area contributed by atoms with E-state index in [-0.39, 0.29) is 34.1 Å². The number of anilines is 3. The van der Waals surface area contributed by atoms with Gasteiger partial charge in [0.15, 0.2) is 0 Å². The number of nitrogens with one attached hydrogen (secondary N) is 3. The first-order valence-corrected chi connectivity index (χ1v) is 35.4. The number of aromatic carboxylic acids is 3. The van der Waals surface area contributed by atoms with Crippen molar-refractivity contribution < 1.29 is 47.1 Å². The smallest absolute Gasteiger partial charge is 0.545 e. The minimum atomic E-state index is -1.12. The minimum absolute atomic E-state index is 0. The predicted octanol–water partition coefficient (Wildman–Crippen LogP) is 20.2. The summed E-state index contributed by atoms with van der Waals surface area (Å²) in [6.45, 7) is 9.30. The van der Waals surface area contributed by atoms with Gasteiger partial charge in [0.25, 0.3) is 0 Å². The maximum absolute atomic E-state index is 11.1. The van der Waals surface area contributed by atoms with Gasteiger partial charge >= 0.3 is 17.4 Å². The van der Waals surface area contributed by atoms with Crippen molar-refractivity contribution in [1.29, 1.82) is 0 Å². The number of carbonyl (C=O) groups is 3. The van der Waals surface area contributed by atoms with E-state index in [1.54, 1.807) is 54.6 Å². The normalized spacial score (nSPS) is 10.8. The third-order valence-corrected chi connectivity index (χ3v) is 16.5. The fraction of sp³-hybridized carbons (Fsp3) is 0.720. The Morgan fingerprint density at radius 1 is 0.247 bits per heavy atom. The van der Waals surface area contributed by atoms with Crippen LogP contribution in [-0.4, -0.2) is 37.5 Å². The fourth-order valence-electron chi connectivity index (χ4n) is 11.1. The van der Waals surface area contributed by atoms with E-state index in [0.717, 1.165) is 38.9 Å². The molecule has 0 heterocycles. The van der Waals surface area contributed by atoms with E-state index in [0.29, 0.717) is 17.1 Å². The number of carboxylic acid groups (broad SMARTS) is 3. The summed E-state index contributed by atoms with van der Waals surface area (Å²) in [6.07, 6.45) is 65.4. The molecule has 1 radical (unpaired) electrons. The third kappa shape index (κ3) is 50.7. The van der Waals surface area contributed by atoms with Crippen molar-refractivity contribution in [2.24, 2.45) is 0 Å². The maximum atomic E-state index is 11.1. The zero-order valence-corrected chi connectivity index (χ0v) is 56.1. The fourth-order valence-corrected chi connectivity index (χ4v) is 11.1. The number of rotatable bonds is 57. The molecule has 0 atom stereocenters. The van der Waals surface area contributed by atoms with Crippen molar-refractivity contribution in [2.75, 3.05) is 35.6 Å². The van der Waals surface area contributed by atoms with Crippen molar-refractivity contribution in [2.45, 2.75) is 329 Å². The third-order valence-electron chi connectivity index (χ3n) is 16.5. The second kappa shape index (κ2) is 63.0. The van der Waals surface area contributed by atoms with Gasteiger partial charge in [0, 0.05) is 53.4 Å². The van der Waals surface area contributed by atoms with Crippen LogP contribution in [0.25, 0.3) is 0 Å². The van der Waals surface area contributed by atoms with Crippen LogP contribution in [-0.2, 0) is 17.4 Å². The Morgan fingerprint density at radius 3 is 0.541 bits per heavy atom. The molecule has 3 N–H and O–H groups in total. The van der Waals surface area contributed by atoms with Crippen LogP contribution in [0.3, 0.4) is 0 Å². The zero-order valence-electron chi connectivity index (χ0n) is 54.8. The van der Waals surface area contributed by atoms with Gasteiger partial charge in [0.1, 0.15) is 0 Å². The Bertz CT molecular complexity index is 1730. The Morgan fingerprint density at radius 2 is 0.388 bits per heavy atom. The van der Waals surface area contributed by atoms with Crippen molar-refractivity contribution >= 4 is 35.0 Å². The van der Waals surface area contributed by atoms with Crippen molar-refractivity contribution in [3.63, 3.8) is 0 Å². The number of benzene rings is 3. The van der Waals surface area contributed by atoms with Gasteiger partial charge in [0.2, 0.25) is 0 Å². The van der Waals surface area contributed by atoms with Crippen molar-refractivity contribution in [1.82, 2.24) is 0 Å². The number of hydrogen-bond acceptors (Lipinski definition) is 9. The van der Waals surface area contributed by atoms with E-state index in [1.165, 1.54) is 289 Å². The molecular formula is C75H126CrN3O6. The first kappa shape index (κ1) is 81.0. The SMILES string of the molecule is CCCCCCCCCCCCCCCCCCNc1ccccc1C(=O)[O-].CCCCCCCCCCCCCCCCCCNc1ccccc1C(=O)[O-].CCCCCCCCCCCCCCCCCCNc1ccccc1C(=O)[O-].[Cr+3]. The van der Waals surface area contributed by atoms with E-state index in [1.807, 2.05) is 18.2 Å². The van der Waals surface area contributed by atoms with Gasteiger partial charge in [-0.2, -0.15) is 0 Å². The first-order chi connectivity index (χ1) is 41.3. The summed E-state index contributed by atoms with van der Waals surface area (Å²) >= 11 is 0. The van der Waals surface area contributed by atoms with Crippen LogP contribution < -0.4 is 31.3 Å². The molecule has 3 aromatic rings. The molecule has 9 nitrogen and oxygen atoms in total. The van der Waals surface area contributed by atoms with E-state index < -0.39 is 17.9 Å². The van der Waals surface area contributed by atoms with Gasteiger partial charge in [-0.3, -0.25) is 0 Å². The Hall–Kier alpha value is -4.00. The van der Waals surface area contributed by atoms with Gasteiger partial charge < -0.3 is 45.7 Å². The standard InChI is InChI=1S/3C25H43NO2.Cr/c3*1-2-3-4-5-6-7-8-9-10-11-12-13-14-15-16-19-22-26-24-21-18-17-20-23(24)25(27)28;/h3*17-18,20-21,26H,2-16,19,22H2,1H3,(H,27,28);/q;;;+3/p-3. The molecule has 3 aromatic carbocycles. The van der Waals surface area contributed by atoms with E-state index >= 15 is 0 Å². The number of para-hydroxylation sites is 3. The quantitative estimate of drug-likeness (QED) is 0.0468. The van der Waals surface area contributed by atoms with E-state index in [9.17, 15) is 29.7 Å². The molecule has 0 saturated carbocycles. The molecular weight excluding hydrogens is 1090 g/mol. The molecule has 0 aromatic heterocycles. The van der Waals surface area contributed by atoms with E-state index in [4.69, 9.17) is 0 Å². The molecule has 0 aliphatic heterocycles. The molecule has 0 saturated heterocycles. The summed E-state index contributed by atoms with van der Waals surface area (Å²) in [4.78, 5) is 33.2. The van der Waals surface area contributed by atoms with Gasteiger partial charge in [-0.25, -0.2) is 0 Å². The predicted molar refractivity (Wildman–Crippen MR) is 356 cm³/mol. The number of hydrogen-bond donors (Lipinski definition) is 3. The topological polar surface area (TPSA) is 156 Å². The summed E-state index contributed by atoms with van der Waals surface area (Å²) in [6, 6.07) is 20.9. The molecule has 0 unspecified atom stereocenters. The Balaban J connectivity index is 0.00000124. The van der Waals surface area contributed by atoms with Crippen LogP contribution in [0.2, 0.25) is 0 Å². The maximum Gasteiger partial charge on any atom is 3.00 e. The van der Waals surface area contributed by atoms with Crippen LogP contribution in [0.4, 0.5) is 17.1 Å². The average molecular weight is 1220 g/mol. The van der Waals surface area contributed by atoms with E-state index in [2.05, 4.69) is 36.7 Å². The molecule has 10 heteroatoms. The largest absolute Gasteiger partial charge is 3.00 e. The van der Waals surface area contributed by atoms with Crippen molar-refractivity contribution in [3.8, 4) is 0 Å². The van der Waals surface area contributed by atoms with Gasteiger partial charge in [-0.1, -0.05) is 364 Å². The molecule has 0 amide bonds. The number of carbonyl (C=O) groups excluding carboxylic acids is 3. The molecule has 483 valence electrons. The molecule has 3 rings (SSSR count). The van der Waals surface area contributed by atoms with Crippen LogP contribution in [0.5, 0.6) is 0 Å². The summed E-state index contributed by atoms with van der Waals surface area (Å²) in [5, 5.41) is 42.8. The monoisotopic (exact) mass is 1220 g/mol. The summed E-state index contributed by atoms with van der Waals surface area (Å²) in [5.41, 5.74) is 2.76. The zero-order chi connectivity index (χ0) is 60.9. The van der Waals surface area contributed by atoms with Crippen LogP contribution in [0.1, 0.15) is 360 Å². The van der Waals surface area contributed by atoms with Gasteiger partial charge in [0.05, 0.1) is 17.9 Å². The summed E-state index contributed by atoms with van der Waals surface area (Å²) in [5.74, 6) is -3.35. The van der Waals surface area contributed by atoms with Crippen LogP contribution in [0, 0.1) is 0 Å². The molecule has 0 aliphatic rings. The molecule has 0 bridgehead atoms. The van der Waals surface area contributed by atoms with Crippen LogP contribution >= 0.6 is 0 Å². The minimum Gasteiger partial charge on any atom is -0.545 e. The number of carboxylic acids is 3. The second-order valence-corrected chi connectivity index (χ2v) is 24.2. The second-order valence-electron chi connectivity index (χ2n) is 24.2. The summed E-state index contributed by atoms with van der Waals surface area (Å²) in [7, 11) is 0. The number of unbranched alkanes of at least 4 members (excludes halogenated alkanes) is 45.